The van der Waals surface area contributed by atoms with Gasteiger partial charge >= 0.3 is 0 Å². The number of amides is 1. The number of hydrogen-bond donors (Lipinski definition) is 5. The minimum atomic E-state index is -3.98. The molecule has 0 spiro atoms. The van der Waals surface area contributed by atoms with Crippen LogP contribution in [0.25, 0.3) is 0 Å². The Balaban J connectivity index is 1.60. The summed E-state index contributed by atoms with van der Waals surface area (Å²) in [4.78, 5) is 31.5. The van der Waals surface area contributed by atoms with E-state index in [0.29, 0.717) is 43.0 Å². The Bertz CT molecular complexity index is 1360. The Morgan fingerprint density at radius 3 is 2.54 bits per heavy atom. The maximum atomic E-state index is 15.3. The Hall–Kier alpha value is -3.39. The van der Waals surface area contributed by atoms with Crippen LogP contribution in [-0.2, 0) is 19.6 Å². The number of nitrogens with zero attached hydrogens (tertiary/aromatic N) is 2. The average molecular weight is 532 g/mol. The number of Topliss-reactive ketones (excluding diaryl/α,β-unsaturated/α-hetero) is 1. The van der Waals surface area contributed by atoms with Crippen LogP contribution in [0.15, 0.2) is 63.9 Å². The molecule has 198 valence electrons. The molecule has 0 aromatic heterocycles. The van der Waals surface area contributed by atoms with Crippen molar-refractivity contribution in [3.05, 3.63) is 59.6 Å². The highest BCUT2D eigenvalue weighted by Crippen LogP contribution is 2.44. The Kier molecular flexibility index (Phi) is 7.08. The molecule has 3 aliphatic rings. The number of carbonyl (C=O) groups is 2. The van der Waals surface area contributed by atoms with Gasteiger partial charge in [0.15, 0.2) is 11.5 Å². The van der Waals surface area contributed by atoms with Crippen molar-refractivity contribution in [2.75, 3.05) is 31.5 Å². The van der Waals surface area contributed by atoms with E-state index < -0.39 is 32.7 Å². The van der Waals surface area contributed by atoms with Crippen molar-refractivity contribution in [1.29, 1.82) is 0 Å². The van der Waals surface area contributed by atoms with Gasteiger partial charge in [-0.25, -0.2) is 22.9 Å². The zero-order valence-electron chi connectivity index (χ0n) is 20.5. The SMILES string of the molecule is CC(=O)C1(C2(N)NC(Nc3ccc(C)c(S(N)(=O)=O)c3)=NC=C2F)C=CC(C(=O)N2CCNCC2)=CC1. The fourth-order valence-electron chi connectivity index (χ4n) is 4.69. The highest BCUT2D eigenvalue weighted by atomic mass is 32.2. The van der Waals surface area contributed by atoms with E-state index in [1.165, 1.54) is 25.1 Å². The van der Waals surface area contributed by atoms with Gasteiger partial charge in [-0.3, -0.25) is 9.59 Å². The van der Waals surface area contributed by atoms with Gasteiger partial charge in [-0.1, -0.05) is 24.3 Å². The highest BCUT2D eigenvalue weighted by Gasteiger charge is 2.56. The summed E-state index contributed by atoms with van der Waals surface area (Å²) >= 11 is 0. The van der Waals surface area contributed by atoms with E-state index in [4.69, 9.17) is 10.9 Å². The van der Waals surface area contributed by atoms with Crippen molar-refractivity contribution in [2.45, 2.75) is 30.8 Å². The first kappa shape index (κ1) is 26.7. The molecule has 4 rings (SSSR count). The molecule has 1 aromatic carbocycles. The maximum absolute atomic E-state index is 15.3. The lowest BCUT2D eigenvalue weighted by Gasteiger charge is -2.46. The number of halogens is 1. The van der Waals surface area contributed by atoms with Crippen LogP contribution in [-0.4, -0.2) is 62.8 Å². The molecule has 0 bridgehead atoms. The number of rotatable bonds is 5. The minimum Gasteiger partial charge on any atom is -0.336 e. The van der Waals surface area contributed by atoms with Gasteiger partial charge in [-0.05, 0) is 38.0 Å². The second kappa shape index (κ2) is 9.82. The summed E-state index contributed by atoms with van der Waals surface area (Å²) in [5.74, 6) is -1.46. The number of allylic oxidation sites excluding steroid dienone is 1. The molecular weight excluding hydrogens is 501 g/mol. The second-order valence-electron chi connectivity index (χ2n) is 9.30. The molecular formula is C24H30FN7O4S. The topological polar surface area (TPSA) is 172 Å². The van der Waals surface area contributed by atoms with Crippen molar-refractivity contribution in [1.82, 2.24) is 15.5 Å². The largest absolute Gasteiger partial charge is 0.336 e. The number of aryl methyl sites for hydroxylation is 1. The summed E-state index contributed by atoms with van der Waals surface area (Å²) in [6.45, 7) is 5.44. The Morgan fingerprint density at radius 1 is 1.24 bits per heavy atom. The van der Waals surface area contributed by atoms with E-state index in [1.54, 1.807) is 30.0 Å². The number of hydrogen-bond acceptors (Lipinski definition) is 9. The molecule has 0 saturated carbocycles. The first-order valence-electron chi connectivity index (χ1n) is 11.7. The number of aliphatic imine (C=N–C) groups is 1. The number of guanidine groups is 1. The molecule has 11 nitrogen and oxygen atoms in total. The average Bonchev–Trinajstić information content (AvgIpc) is 2.86. The summed E-state index contributed by atoms with van der Waals surface area (Å²) in [7, 11) is -3.98. The number of nitrogens with two attached hydrogens (primary N) is 2. The molecule has 0 radical (unpaired) electrons. The number of benzene rings is 1. The van der Waals surface area contributed by atoms with Crippen LogP contribution < -0.4 is 26.8 Å². The van der Waals surface area contributed by atoms with Gasteiger partial charge in [-0.15, -0.1) is 0 Å². The van der Waals surface area contributed by atoms with Gasteiger partial charge in [0.25, 0.3) is 5.91 Å². The number of sulfonamides is 1. The number of nitrogens with one attached hydrogen (secondary N) is 3. The molecule has 1 fully saturated rings. The quantitative estimate of drug-likeness (QED) is 0.363. The Labute approximate surface area is 214 Å². The second-order valence-corrected chi connectivity index (χ2v) is 10.8. The number of anilines is 1. The van der Waals surface area contributed by atoms with Crippen LogP contribution in [0, 0.1) is 12.3 Å². The standard InChI is InChI=1S/C24H30FN7O4S/c1-15-3-4-18(13-19(15)37(27,35)36)30-22-29-14-20(25)24(26,31-22)23(16(2)33)7-5-17(6-8-23)21(34)32-11-9-28-10-12-32/h3-7,13-14,28H,8-12,26H2,1-2H3,(H2,27,35,36)(H2,29,30,31). The Morgan fingerprint density at radius 2 is 1.95 bits per heavy atom. The fourth-order valence-corrected chi connectivity index (χ4v) is 5.50. The summed E-state index contributed by atoms with van der Waals surface area (Å²) in [5.41, 5.74) is 4.11. The smallest absolute Gasteiger partial charge is 0.253 e. The molecule has 1 aromatic rings. The van der Waals surface area contributed by atoms with E-state index in [1.807, 2.05) is 0 Å². The molecule has 13 heteroatoms. The van der Waals surface area contributed by atoms with Crippen molar-refractivity contribution < 1.29 is 22.4 Å². The van der Waals surface area contributed by atoms with Crippen molar-refractivity contribution in [3.8, 4) is 0 Å². The highest BCUT2D eigenvalue weighted by molar-refractivity contribution is 7.89. The van der Waals surface area contributed by atoms with Gasteiger partial charge in [0.2, 0.25) is 16.0 Å². The molecule has 1 saturated heterocycles. The van der Waals surface area contributed by atoms with Crippen molar-refractivity contribution in [2.24, 2.45) is 21.3 Å². The normalized spacial score (nSPS) is 26.0. The third kappa shape index (κ3) is 4.94. The molecule has 7 N–H and O–H groups in total. The van der Waals surface area contributed by atoms with Gasteiger partial charge in [0.05, 0.1) is 16.5 Å². The molecule has 1 amide bonds. The monoisotopic (exact) mass is 531 g/mol. The predicted molar refractivity (Wildman–Crippen MR) is 137 cm³/mol. The number of piperazine rings is 1. The van der Waals surface area contributed by atoms with Crippen molar-refractivity contribution in [3.63, 3.8) is 0 Å². The van der Waals surface area contributed by atoms with E-state index in [0.717, 1.165) is 6.20 Å². The molecule has 1 aliphatic carbocycles. The minimum absolute atomic E-state index is 0.00572. The molecule has 2 aliphatic heterocycles. The third-order valence-electron chi connectivity index (χ3n) is 6.93. The lowest BCUT2D eigenvalue weighted by Crippen LogP contribution is -2.70. The van der Waals surface area contributed by atoms with Gasteiger partial charge in [0, 0.05) is 37.4 Å². The third-order valence-corrected chi connectivity index (χ3v) is 7.98. The molecule has 37 heavy (non-hydrogen) atoms. The predicted octanol–water partition coefficient (Wildman–Crippen LogP) is 0.373. The summed E-state index contributed by atoms with van der Waals surface area (Å²) in [6.07, 6.45) is 5.46. The number of primary sulfonamides is 1. The summed E-state index contributed by atoms with van der Waals surface area (Å²) in [6, 6.07) is 4.47. The van der Waals surface area contributed by atoms with Crippen LogP contribution in [0.5, 0.6) is 0 Å². The van der Waals surface area contributed by atoms with E-state index >= 15 is 4.39 Å². The lowest BCUT2D eigenvalue weighted by molar-refractivity contribution is -0.129. The van der Waals surface area contributed by atoms with E-state index in [-0.39, 0.29) is 23.2 Å². The number of carbonyl (C=O) groups excluding carboxylic acids is 2. The number of ketones is 1. The summed E-state index contributed by atoms with van der Waals surface area (Å²) in [5, 5.41) is 14.1. The zero-order chi connectivity index (χ0) is 27.0. The molecule has 2 heterocycles. The lowest BCUT2D eigenvalue weighted by atomic mass is 9.66. The fraction of sp³-hybridized carbons (Fsp3) is 0.375. The van der Waals surface area contributed by atoms with E-state index in [9.17, 15) is 18.0 Å². The van der Waals surface area contributed by atoms with Crippen LogP contribution in [0.3, 0.4) is 0 Å². The van der Waals surface area contributed by atoms with Crippen LogP contribution >= 0.6 is 0 Å². The van der Waals surface area contributed by atoms with Crippen LogP contribution in [0.4, 0.5) is 10.1 Å². The first-order valence-corrected chi connectivity index (χ1v) is 13.2. The summed E-state index contributed by atoms with van der Waals surface area (Å²) < 4.78 is 39.1. The van der Waals surface area contributed by atoms with Crippen molar-refractivity contribution >= 4 is 33.4 Å². The van der Waals surface area contributed by atoms with Gasteiger partial charge < -0.3 is 26.6 Å². The van der Waals surface area contributed by atoms with Gasteiger partial charge in [0.1, 0.15) is 5.78 Å². The van der Waals surface area contributed by atoms with Gasteiger partial charge in [-0.2, -0.15) is 0 Å². The van der Waals surface area contributed by atoms with Crippen LogP contribution in [0.2, 0.25) is 0 Å². The first-order chi connectivity index (χ1) is 17.4. The van der Waals surface area contributed by atoms with E-state index in [2.05, 4.69) is 20.9 Å². The zero-order valence-corrected chi connectivity index (χ0v) is 21.4. The molecule has 2 atom stereocenters. The van der Waals surface area contributed by atoms with Crippen LogP contribution in [0.1, 0.15) is 18.9 Å². The maximum Gasteiger partial charge on any atom is 0.253 e. The molecule has 2 unspecified atom stereocenters.